The minimum atomic E-state index is -1.24. The molecule has 6 heteroatoms. The van der Waals surface area contributed by atoms with Crippen molar-refractivity contribution in [3.63, 3.8) is 0 Å². The second-order valence-corrected chi connectivity index (χ2v) is 4.52. The lowest BCUT2D eigenvalue weighted by Crippen LogP contribution is -1.99. The smallest absolute Gasteiger partial charge is 0.161 e. The summed E-state index contributed by atoms with van der Waals surface area (Å²) in [6.45, 7) is 0. The number of fused-ring (bicyclic) bond motifs is 1. The molecule has 0 radical (unpaired) electrons. The zero-order chi connectivity index (χ0) is 15.0. The van der Waals surface area contributed by atoms with E-state index in [2.05, 4.69) is 10.3 Å². The summed E-state index contributed by atoms with van der Waals surface area (Å²) < 4.78 is 39.6. The number of aromatic nitrogens is 1. The molecular formula is C15H10F3N3. The highest BCUT2D eigenvalue weighted by Gasteiger charge is 2.10. The Kier molecular flexibility index (Phi) is 3.13. The van der Waals surface area contributed by atoms with E-state index in [-0.39, 0.29) is 5.69 Å². The Morgan fingerprint density at radius 2 is 1.62 bits per heavy atom. The third-order valence-electron chi connectivity index (χ3n) is 2.99. The number of hydrogen-bond donors (Lipinski definition) is 2. The van der Waals surface area contributed by atoms with Gasteiger partial charge in [0, 0.05) is 23.2 Å². The van der Waals surface area contributed by atoms with Crippen LogP contribution in [0.2, 0.25) is 0 Å². The largest absolute Gasteiger partial charge is 0.399 e. The first-order chi connectivity index (χ1) is 10.0. The van der Waals surface area contributed by atoms with Crippen molar-refractivity contribution in [3.8, 4) is 0 Å². The van der Waals surface area contributed by atoms with E-state index in [1.807, 2.05) is 0 Å². The van der Waals surface area contributed by atoms with E-state index in [0.717, 1.165) is 11.5 Å². The maximum Gasteiger partial charge on any atom is 0.161 e. The number of hydrogen-bond acceptors (Lipinski definition) is 3. The Bertz CT molecular complexity index is 834. The standard InChI is InChI=1S/C15H10F3N3/c16-10-6-12(18)14(7-11(10)17)21-15-4-1-8-5-9(19)2-3-13(8)20-15/h1-7H,19H2,(H,20,21). The van der Waals surface area contributed by atoms with E-state index in [1.54, 1.807) is 30.3 Å². The molecule has 0 aliphatic heterocycles. The van der Waals surface area contributed by atoms with Gasteiger partial charge in [0.2, 0.25) is 0 Å². The van der Waals surface area contributed by atoms with Gasteiger partial charge in [0.05, 0.1) is 11.2 Å². The minimum Gasteiger partial charge on any atom is -0.399 e. The van der Waals surface area contributed by atoms with E-state index < -0.39 is 17.5 Å². The van der Waals surface area contributed by atoms with E-state index in [4.69, 9.17) is 5.73 Å². The van der Waals surface area contributed by atoms with Crippen LogP contribution < -0.4 is 11.1 Å². The summed E-state index contributed by atoms with van der Waals surface area (Å²) in [5.41, 5.74) is 6.74. The van der Waals surface area contributed by atoms with Crippen LogP contribution in [0.3, 0.4) is 0 Å². The zero-order valence-electron chi connectivity index (χ0n) is 10.7. The van der Waals surface area contributed by atoms with Crippen LogP contribution in [0.1, 0.15) is 0 Å². The molecule has 3 aromatic rings. The third kappa shape index (κ3) is 2.60. The molecule has 3 N–H and O–H groups in total. The van der Waals surface area contributed by atoms with Gasteiger partial charge in [-0.15, -0.1) is 0 Å². The average molecular weight is 289 g/mol. The fourth-order valence-electron chi connectivity index (χ4n) is 1.97. The summed E-state index contributed by atoms with van der Waals surface area (Å²) in [4.78, 5) is 4.26. The van der Waals surface area contributed by atoms with Crippen molar-refractivity contribution in [3.05, 3.63) is 59.9 Å². The van der Waals surface area contributed by atoms with Crippen LogP contribution in [-0.4, -0.2) is 4.98 Å². The van der Waals surface area contributed by atoms with Gasteiger partial charge in [-0.3, -0.25) is 0 Å². The van der Waals surface area contributed by atoms with Gasteiger partial charge in [-0.1, -0.05) is 0 Å². The number of nitrogens with one attached hydrogen (secondary N) is 1. The average Bonchev–Trinajstić information content (AvgIpc) is 2.45. The molecule has 1 aromatic heterocycles. The molecule has 3 nitrogen and oxygen atoms in total. The summed E-state index contributed by atoms with van der Waals surface area (Å²) in [6, 6.07) is 9.75. The lowest BCUT2D eigenvalue weighted by molar-refractivity contribution is 0.496. The number of nitrogens with zero attached hydrogens (tertiary/aromatic N) is 1. The van der Waals surface area contributed by atoms with E-state index >= 15 is 0 Å². The van der Waals surface area contributed by atoms with Crippen molar-refractivity contribution in [2.24, 2.45) is 0 Å². The van der Waals surface area contributed by atoms with Crippen molar-refractivity contribution in [2.45, 2.75) is 0 Å². The summed E-state index contributed by atoms with van der Waals surface area (Å²) >= 11 is 0. The van der Waals surface area contributed by atoms with Gasteiger partial charge < -0.3 is 11.1 Å². The van der Waals surface area contributed by atoms with Crippen LogP contribution in [0.25, 0.3) is 10.9 Å². The lowest BCUT2D eigenvalue weighted by Gasteiger charge is -2.08. The molecule has 0 saturated heterocycles. The number of anilines is 3. The summed E-state index contributed by atoms with van der Waals surface area (Å²) in [5.74, 6) is -2.95. The molecule has 0 amide bonds. The predicted octanol–water partition coefficient (Wildman–Crippen LogP) is 3.98. The van der Waals surface area contributed by atoms with Gasteiger partial charge in [-0.05, 0) is 30.3 Å². The summed E-state index contributed by atoms with van der Waals surface area (Å²) in [5, 5.41) is 3.45. The lowest BCUT2D eigenvalue weighted by atomic mass is 10.2. The molecule has 106 valence electrons. The van der Waals surface area contributed by atoms with E-state index in [0.29, 0.717) is 23.1 Å². The Morgan fingerprint density at radius 3 is 2.43 bits per heavy atom. The van der Waals surface area contributed by atoms with E-state index in [1.165, 1.54) is 0 Å². The molecular weight excluding hydrogens is 279 g/mol. The van der Waals surface area contributed by atoms with Gasteiger partial charge in [0.1, 0.15) is 11.6 Å². The monoisotopic (exact) mass is 289 g/mol. The van der Waals surface area contributed by atoms with Crippen LogP contribution in [0, 0.1) is 17.5 Å². The van der Waals surface area contributed by atoms with Gasteiger partial charge in [-0.25, -0.2) is 18.2 Å². The second kappa shape index (κ2) is 4.97. The molecule has 0 unspecified atom stereocenters. The van der Waals surface area contributed by atoms with Gasteiger partial charge in [0.15, 0.2) is 11.6 Å². The molecule has 0 aliphatic carbocycles. The van der Waals surface area contributed by atoms with Crippen molar-refractivity contribution in [1.29, 1.82) is 0 Å². The maximum atomic E-state index is 13.6. The van der Waals surface area contributed by atoms with Gasteiger partial charge in [-0.2, -0.15) is 0 Å². The molecule has 21 heavy (non-hydrogen) atoms. The molecule has 0 fully saturated rings. The first-order valence-electron chi connectivity index (χ1n) is 6.11. The maximum absolute atomic E-state index is 13.6. The molecule has 0 bridgehead atoms. The quantitative estimate of drug-likeness (QED) is 0.554. The highest BCUT2D eigenvalue weighted by atomic mass is 19.2. The second-order valence-electron chi connectivity index (χ2n) is 4.52. The fraction of sp³-hybridized carbons (Fsp3) is 0. The highest BCUT2D eigenvalue weighted by Crippen LogP contribution is 2.24. The predicted molar refractivity (Wildman–Crippen MR) is 75.8 cm³/mol. The Hall–Kier alpha value is -2.76. The van der Waals surface area contributed by atoms with Crippen LogP contribution in [0.5, 0.6) is 0 Å². The third-order valence-corrected chi connectivity index (χ3v) is 2.99. The molecule has 2 aromatic carbocycles. The van der Waals surface area contributed by atoms with Crippen LogP contribution >= 0.6 is 0 Å². The number of nitrogens with two attached hydrogens (primary N) is 1. The molecule has 0 spiro atoms. The van der Waals surface area contributed by atoms with Crippen LogP contribution in [0.4, 0.5) is 30.4 Å². The Labute approximate surface area is 118 Å². The molecule has 0 aliphatic rings. The number of rotatable bonds is 2. The van der Waals surface area contributed by atoms with Crippen LogP contribution in [-0.2, 0) is 0 Å². The molecule has 1 heterocycles. The first-order valence-corrected chi connectivity index (χ1v) is 6.11. The number of nitrogen functional groups attached to an aromatic ring is 1. The SMILES string of the molecule is Nc1ccc2nc(Nc3cc(F)c(F)cc3F)ccc2c1. The first kappa shape index (κ1) is 13.2. The van der Waals surface area contributed by atoms with E-state index in [9.17, 15) is 13.2 Å². The fourth-order valence-corrected chi connectivity index (χ4v) is 1.97. The van der Waals surface area contributed by atoms with Crippen LogP contribution in [0.15, 0.2) is 42.5 Å². The van der Waals surface area contributed by atoms with Gasteiger partial charge in [0.25, 0.3) is 0 Å². The number of benzene rings is 2. The molecule has 0 saturated carbocycles. The van der Waals surface area contributed by atoms with Gasteiger partial charge >= 0.3 is 0 Å². The zero-order valence-corrected chi connectivity index (χ0v) is 10.7. The Balaban J connectivity index is 1.98. The highest BCUT2D eigenvalue weighted by molar-refractivity contribution is 5.83. The number of pyridine rings is 1. The topological polar surface area (TPSA) is 50.9 Å². The summed E-state index contributed by atoms with van der Waals surface area (Å²) in [6.07, 6.45) is 0. The molecule has 0 atom stereocenters. The van der Waals surface area contributed by atoms with Crippen molar-refractivity contribution >= 4 is 28.1 Å². The minimum absolute atomic E-state index is 0.184. The van der Waals surface area contributed by atoms with Crippen molar-refractivity contribution < 1.29 is 13.2 Å². The normalized spacial score (nSPS) is 10.8. The molecule has 3 rings (SSSR count). The Morgan fingerprint density at radius 1 is 0.857 bits per heavy atom. The number of halogens is 3. The van der Waals surface area contributed by atoms with Crippen molar-refractivity contribution in [1.82, 2.24) is 4.98 Å². The summed E-state index contributed by atoms with van der Waals surface area (Å²) in [7, 11) is 0. The van der Waals surface area contributed by atoms with Crippen molar-refractivity contribution in [2.75, 3.05) is 11.1 Å².